The zero-order chi connectivity index (χ0) is 19.6. The first-order valence-electron chi connectivity index (χ1n) is 9.96. The molecule has 0 N–H and O–H groups in total. The number of halogens is 5. The quantitative estimate of drug-likeness (QED) is 0.385. The third-order valence-electron chi connectivity index (χ3n) is 6.34. The number of benzene rings is 1. The van der Waals surface area contributed by atoms with E-state index in [1.807, 2.05) is 0 Å². The topological polar surface area (TPSA) is 9.23 Å². The summed E-state index contributed by atoms with van der Waals surface area (Å²) in [4.78, 5) is 0. The van der Waals surface area contributed by atoms with Crippen molar-refractivity contribution in [1.82, 2.24) is 0 Å². The number of hydrogen-bond donors (Lipinski definition) is 0. The Hall–Kier alpha value is -1.33. The molecule has 1 nitrogen and oxygen atoms in total. The highest BCUT2D eigenvalue weighted by atomic mass is 19.3. The maximum Gasteiger partial charge on any atom is 0.400 e. The maximum atomic E-state index is 14.4. The van der Waals surface area contributed by atoms with Crippen molar-refractivity contribution in [3.63, 3.8) is 0 Å². The fourth-order valence-corrected chi connectivity index (χ4v) is 4.60. The fraction of sp³-hybridized carbons (Fsp3) is 0.714. The van der Waals surface area contributed by atoms with E-state index in [9.17, 15) is 22.0 Å². The minimum Gasteiger partial charge on any atom is -0.432 e. The zero-order valence-electron chi connectivity index (χ0n) is 15.6. The van der Waals surface area contributed by atoms with Crippen LogP contribution in [0.2, 0.25) is 0 Å². The van der Waals surface area contributed by atoms with Crippen LogP contribution in [0.25, 0.3) is 0 Å². The Morgan fingerprint density at radius 2 is 1.33 bits per heavy atom. The SMILES string of the molecule is CC1CCC(CC2CCC(C(F)(F)Oc3cc(F)c(F)c(F)c3)CC2)CC1. The van der Waals surface area contributed by atoms with E-state index < -0.39 is 35.2 Å². The minimum absolute atomic E-state index is 0.326. The summed E-state index contributed by atoms with van der Waals surface area (Å²) >= 11 is 0. The molecule has 0 unspecified atom stereocenters. The lowest BCUT2D eigenvalue weighted by Gasteiger charge is -2.35. The standard InChI is InChI=1S/C21H27F5O/c1-13-2-4-14(5-3-13)10-15-6-8-16(9-7-15)21(25,26)27-17-11-18(22)20(24)19(23)12-17/h11-16H,2-10H2,1H3. The summed E-state index contributed by atoms with van der Waals surface area (Å²) in [7, 11) is 0. The van der Waals surface area contributed by atoms with Gasteiger partial charge in [-0.2, -0.15) is 8.78 Å². The molecular formula is C21H27F5O. The lowest BCUT2D eigenvalue weighted by Crippen LogP contribution is -2.37. The second-order valence-electron chi connectivity index (χ2n) is 8.44. The predicted molar refractivity (Wildman–Crippen MR) is 93.1 cm³/mol. The Labute approximate surface area is 157 Å². The summed E-state index contributed by atoms with van der Waals surface area (Å²) in [5.74, 6) is -4.46. The molecule has 0 saturated heterocycles. The molecule has 1 aromatic carbocycles. The van der Waals surface area contributed by atoms with Gasteiger partial charge in [-0.15, -0.1) is 0 Å². The predicted octanol–water partition coefficient (Wildman–Crippen LogP) is 7.10. The summed E-state index contributed by atoms with van der Waals surface area (Å²) in [6, 6.07) is 0.921. The van der Waals surface area contributed by atoms with Crippen LogP contribution in [0.15, 0.2) is 12.1 Å². The molecule has 2 aliphatic carbocycles. The molecule has 1 aromatic rings. The molecule has 0 atom stereocenters. The van der Waals surface area contributed by atoms with Crippen LogP contribution in [0.1, 0.15) is 64.7 Å². The summed E-state index contributed by atoms with van der Waals surface area (Å²) in [6.07, 6.45) is 4.68. The van der Waals surface area contributed by atoms with E-state index >= 15 is 0 Å². The first-order chi connectivity index (χ1) is 12.7. The van der Waals surface area contributed by atoms with Crippen molar-refractivity contribution < 1.29 is 26.7 Å². The van der Waals surface area contributed by atoms with E-state index in [2.05, 4.69) is 11.7 Å². The Bertz CT molecular complexity index is 608. The molecule has 0 amide bonds. The van der Waals surface area contributed by atoms with E-state index in [4.69, 9.17) is 0 Å². The highest BCUT2D eigenvalue weighted by Crippen LogP contribution is 2.43. The smallest absolute Gasteiger partial charge is 0.400 e. The van der Waals surface area contributed by atoms with Crippen LogP contribution in [0, 0.1) is 41.1 Å². The molecule has 0 spiro atoms. The van der Waals surface area contributed by atoms with Crippen LogP contribution >= 0.6 is 0 Å². The first-order valence-corrected chi connectivity index (χ1v) is 9.96. The normalized spacial score (nSPS) is 29.6. The third-order valence-corrected chi connectivity index (χ3v) is 6.34. The van der Waals surface area contributed by atoms with Gasteiger partial charge in [0.1, 0.15) is 5.75 Å². The molecule has 2 fully saturated rings. The largest absolute Gasteiger partial charge is 0.432 e. The number of ether oxygens (including phenoxy) is 1. The molecule has 0 aromatic heterocycles. The van der Waals surface area contributed by atoms with E-state index in [0.717, 1.165) is 25.2 Å². The molecule has 6 heteroatoms. The van der Waals surface area contributed by atoms with E-state index in [1.165, 1.54) is 25.7 Å². The molecule has 27 heavy (non-hydrogen) atoms. The van der Waals surface area contributed by atoms with Crippen molar-refractivity contribution in [2.75, 3.05) is 0 Å². The number of alkyl halides is 2. The van der Waals surface area contributed by atoms with Gasteiger partial charge in [-0.1, -0.05) is 32.6 Å². The molecule has 0 bridgehead atoms. The van der Waals surface area contributed by atoms with Crippen LogP contribution in [0.3, 0.4) is 0 Å². The fourth-order valence-electron chi connectivity index (χ4n) is 4.60. The molecule has 3 rings (SSSR count). The monoisotopic (exact) mass is 390 g/mol. The van der Waals surface area contributed by atoms with Gasteiger partial charge >= 0.3 is 6.11 Å². The van der Waals surface area contributed by atoms with Crippen LogP contribution in [-0.4, -0.2) is 6.11 Å². The van der Waals surface area contributed by atoms with Gasteiger partial charge in [-0.05, 0) is 49.9 Å². The Kier molecular flexibility index (Phi) is 6.32. The van der Waals surface area contributed by atoms with Crippen molar-refractivity contribution in [2.45, 2.75) is 70.8 Å². The van der Waals surface area contributed by atoms with Gasteiger partial charge < -0.3 is 4.74 Å². The molecule has 2 saturated carbocycles. The van der Waals surface area contributed by atoms with Gasteiger partial charge in [0.05, 0.1) is 5.92 Å². The Morgan fingerprint density at radius 3 is 1.85 bits per heavy atom. The first kappa shape index (κ1) is 20.4. The second kappa shape index (κ2) is 8.36. The van der Waals surface area contributed by atoms with E-state index in [-0.39, 0.29) is 0 Å². The van der Waals surface area contributed by atoms with Crippen LogP contribution < -0.4 is 4.74 Å². The Balaban J connectivity index is 1.52. The molecular weight excluding hydrogens is 363 g/mol. The van der Waals surface area contributed by atoms with Crippen LogP contribution in [0.4, 0.5) is 22.0 Å². The van der Waals surface area contributed by atoms with Gasteiger partial charge in [0, 0.05) is 12.1 Å². The van der Waals surface area contributed by atoms with E-state index in [1.54, 1.807) is 0 Å². The van der Waals surface area contributed by atoms with Crippen LogP contribution in [0.5, 0.6) is 5.75 Å². The van der Waals surface area contributed by atoms with Gasteiger partial charge in [0.2, 0.25) is 0 Å². The van der Waals surface area contributed by atoms with Crippen molar-refractivity contribution in [3.8, 4) is 5.75 Å². The average Bonchev–Trinajstić information content (AvgIpc) is 2.62. The third kappa shape index (κ3) is 5.14. The summed E-state index contributed by atoms with van der Waals surface area (Å²) in [5.41, 5.74) is 0. The molecule has 152 valence electrons. The minimum atomic E-state index is -3.53. The van der Waals surface area contributed by atoms with Crippen molar-refractivity contribution in [2.24, 2.45) is 23.7 Å². The van der Waals surface area contributed by atoms with Gasteiger partial charge in [0.15, 0.2) is 17.5 Å². The van der Waals surface area contributed by atoms with Gasteiger partial charge in [0.25, 0.3) is 0 Å². The molecule has 2 aliphatic rings. The summed E-state index contributed by atoms with van der Waals surface area (Å²) in [6.45, 7) is 2.28. The Morgan fingerprint density at radius 1 is 0.852 bits per heavy atom. The summed E-state index contributed by atoms with van der Waals surface area (Å²) in [5, 5.41) is 0. The average molecular weight is 390 g/mol. The van der Waals surface area contributed by atoms with Gasteiger partial charge in [-0.25, -0.2) is 13.2 Å². The van der Waals surface area contributed by atoms with Crippen molar-refractivity contribution in [1.29, 1.82) is 0 Å². The highest BCUT2D eigenvalue weighted by Gasteiger charge is 2.44. The highest BCUT2D eigenvalue weighted by molar-refractivity contribution is 5.25. The van der Waals surface area contributed by atoms with E-state index in [0.29, 0.717) is 36.8 Å². The number of hydrogen-bond acceptors (Lipinski definition) is 1. The van der Waals surface area contributed by atoms with Gasteiger partial charge in [-0.3, -0.25) is 0 Å². The molecule has 0 aliphatic heterocycles. The van der Waals surface area contributed by atoms with Crippen molar-refractivity contribution in [3.05, 3.63) is 29.6 Å². The van der Waals surface area contributed by atoms with Crippen molar-refractivity contribution >= 4 is 0 Å². The molecule has 0 heterocycles. The lowest BCUT2D eigenvalue weighted by molar-refractivity contribution is -0.223. The summed E-state index contributed by atoms with van der Waals surface area (Å²) < 4.78 is 72.8. The molecule has 0 radical (unpaired) electrons. The number of rotatable bonds is 5. The maximum absolute atomic E-state index is 14.4. The zero-order valence-corrected chi connectivity index (χ0v) is 15.6. The second-order valence-corrected chi connectivity index (χ2v) is 8.44. The van der Waals surface area contributed by atoms with Crippen LogP contribution in [-0.2, 0) is 0 Å². The lowest BCUT2D eigenvalue weighted by atomic mass is 9.73.